The third-order valence-electron chi connectivity index (χ3n) is 3.07. The summed E-state index contributed by atoms with van der Waals surface area (Å²) >= 11 is 0. The molecule has 132 valence electrons. The van der Waals surface area contributed by atoms with Crippen LogP contribution >= 0.6 is 0 Å². The van der Waals surface area contributed by atoms with E-state index in [-0.39, 0.29) is 0 Å². The Kier molecular flexibility index (Phi) is 3.61. The highest BCUT2D eigenvalue weighted by Crippen LogP contribution is 2.68. The lowest BCUT2D eigenvalue weighted by Crippen LogP contribution is -2.84. The van der Waals surface area contributed by atoms with Crippen molar-refractivity contribution in [3.8, 4) is 0 Å². The lowest BCUT2D eigenvalue weighted by atomic mass is 9.75. The van der Waals surface area contributed by atoms with Crippen LogP contribution in [0.1, 0.15) is 13.8 Å². The van der Waals surface area contributed by atoms with Crippen molar-refractivity contribution in [2.45, 2.75) is 55.2 Å². The van der Waals surface area contributed by atoms with Crippen LogP contribution in [-0.4, -0.2) is 41.3 Å². The summed E-state index contributed by atoms with van der Waals surface area (Å²) in [6, 6.07) is 0. The highest BCUT2D eigenvalue weighted by Gasteiger charge is 2.98. The number of rotatable bonds is 2. The molecule has 1 heterocycles. The largest absolute Gasteiger partial charge is 0.428 e. The molecule has 13 heteroatoms. The summed E-state index contributed by atoms with van der Waals surface area (Å²) in [5.41, 5.74) is -6.80. The standard InChI is InChI=1S/C9H6F12O/c1-3(10,11)5(14)6(15,16)7(17,18)9(20,21)22-8(5,19)4(2,12)13/h1-2H3. The molecule has 1 aliphatic rings. The van der Waals surface area contributed by atoms with Crippen LogP contribution in [0.3, 0.4) is 0 Å². The van der Waals surface area contributed by atoms with Gasteiger partial charge in [-0.05, 0) is 0 Å². The van der Waals surface area contributed by atoms with Crippen molar-refractivity contribution in [3.63, 3.8) is 0 Å². The second kappa shape index (κ2) is 4.15. The third kappa shape index (κ3) is 1.80. The molecule has 0 saturated carbocycles. The average Bonchev–Trinajstić information content (AvgIpc) is 2.21. The molecule has 0 aromatic rings. The fourth-order valence-electron chi connectivity index (χ4n) is 1.86. The molecule has 1 saturated heterocycles. The lowest BCUT2D eigenvalue weighted by Gasteiger charge is -2.54. The number of hydrogen-bond donors (Lipinski definition) is 0. The Morgan fingerprint density at radius 2 is 1.00 bits per heavy atom. The van der Waals surface area contributed by atoms with Gasteiger partial charge in [-0.2, -0.15) is 26.3 Å². The van der Waals surface area contributed by atoms with Crippen LogP contribution in [0.5, 0.6) is 0 Å². The van der Waals surface area contributed by atoms with Gasteiger partial charge in [0, 0.05) is 13.8 Å². The Balaban J connectivity index is 3.88. The zero-order valence-corrected chi connectivity index (χ0v) is 10.4. The Bertz CT molecular complexity index is 462. The van der Waals surface area contributed by atoms with Gasteiger partial charge in [0.25, 0.3) is 5.92 Å². The summed E-state index contributed by atoms with van der Waals surface area (Å²) in [4.78, 5) is 0. The number of alkyl halides is 12. The molecular weight excluding hydrogens is 352 g/mol. The smallest absolute Gasteiger partial charge is 0.269 e. The molecule has 1 nitrogen and oxygen atoms in total. The van der Waals surface area contributed by atoms with Gasteiger partial charge in [-0.1, -0.05) is 0 Å². The lowest BCUT2D eigenvalue weighted by molar-refractivity contribution is -0.553. The van der Waals surface area contributed by atoms with Crippen LogP contribution < -0.4 is 0 Å². The topological polar surface area (TPSA) is 9.23 Å². The molecule has 2 unspecified atom stereocenters. The summed E-state index contributed by atoms with van der Waals surface area (Å²) in [6.45, 7) is -1.81. The van der Waals surface area contributed by atoms with Gasteiger partial charge in [0.2, 0.25) is 0 Å². The molecular formula is C9H6F12O. The molecule has 22 heavy (non-hydrogen) atoms. The van der Waals surface area contributed by atoms with Gasteiger partial charge in [0.1, 0.15) is 0 Å². The first-order chi connectivity index (χ1) is 9.21. The summed E-state index contributed by atoms with van der Waals surface area (Å²) in [5, 5.41) is 0. The van der Waals surface area contributed by atoms with E-state index in [1.165, 1.54) is 0 Å². The Hall–Kier alpha value is -0.880. The fourth-order valence-corrected chi connectivity index (χ4v) is 1.86. The van der Waals surface area contributed by atoms with E-state index in [4.69, 9.17) is 0 Å². The molecule has 0 radical (unpaired) electrons. The molecule has 0 aromatic carbocycles. The fraction of sp³-hybridized carbons (Fsp3) is 1.00. The molecule has 1 aliphatic heterocycles. The number of halogens is 12. The minimum Gasteiger partial charge on any atom is -0.269 e. The monoisotopic (exact) mass is 358 g/mol. The van der Waals surface area contributed by atoms with Crippen molar-refractivity contribution in [1.82, 2.24) is 0 Å². The van der Waals surface area contributed by atoms with Crippen LogP contribution in [-0.2, 0) is 4.74 Å². The van der Waals surface area contributed by atoms with Crippen molar-refractivity contribution in [2.75, 3.05) is 0 Å². The van der Waals surface area contributed by atoms with E-state index >= 15 is 0 Å². The van der Waals surface area contributed by atoms with E-state index in [0.29, 0.717) is 0 Å². The van der Waals surface area contributed by atoms with E-state index in [1.807, 2.05) is 0 Å². The molecule has 1 fully saturated rings. The Morgan fingerprint density at radius 3 is 1.27 bits per heavy atom. The predicted molar refractivity (Wildman–Crippen MR) is 44.8 cm³/mol. The molecule has 0 aromatic heterocycles. The molecule has 0 aliphatic carbocycles. The van der Waals surface area contributed by atoms with Gasteiger partial charge in [0.15, 0.2) is 0 Å². The molecule has 0 amide bonds. The maximum absolute atomic E-state index is 13.9. The van der Waals surface area contributed by atoms with E-state index in [0.717, 1.165) is 0 Å². The van der Waals surface area contributed by atoms with Crippen molar-refractivity contribution < 1.29 is 57.4 Å². The number of ether oxygens (including phenoxy) is 1. The molecule has 1 rings (SSSR count). The molecule has 0 spiro atoms. The minimum atomic E-state index is -7.24. The van der Waals surface area contributed by atoms with E-state index in [1.54, 1.807) is 0 Å². The van der Waals surface area contributed by atoms with Gasteiger partial charge in [0.05, 0.1) is 0 Å². The van der Waals surface area contributed by atoms with Crippen molar-refractivity contribution in [3.05, 3.63) is 0 Å². The van der Waals surface area contributed by atoms with Crippen molar-refractivity contribution >= 4 is 0 Å². The highest BCUT2D eigenvalue weighted by molar-refractivity contribution is 5.23. The van der Waals surface area contributed by atoms with Gasteiger partial charge < -0.3 is 0 Å². The second-order valence-corrected chi connectivity index (χ2v) is 4.80. The van der Waals surface area contributed by atoms with Crippen LogP contribution in [0, 0.1) is 0 Å². The van der Waals surface area contributed by atoms with Crippen LogP contribution in [0.4, 0.5) is 52.7 Å². The van der Waals surface area contributed by atoms with Crippen LogP contribution in [0.15, 0.2) is 0 Å². The van der Waals surface area contributed by atoms with Gasteiger partial charge >= 0.3 is 35.4 Å². The first-order valence-corrected chi connectivity index (χ1v) is 5.18. The first-order valence-electron chi connectivity index (χ1n) is 5.18. The van der Waals surface area contributed by atoms with Crippen molar-refractivity contribution in [2.24, 2.45) is 0 Å². The zero-order valence-electron chi connectivity index (χ0n) is 10.4. The Labute approximate surface area is 114 Å². The minimum absolute atomic E-state index is 0.858. The van der Waals surface area contributed by atoms with Gasteiger partial charge in [-0.25, -0.2) is 26.3 Å². The molecule has 0 bridgehead atoms. The summed E-state index contributed by atoms with van der Waals surface area (Å²) < 4.78 is 160. The van der Waals surface area contributed by atoms with Crippen molar-refractivity contribution in [1.29, 1.82) is 0 Å². The van der Waals surface area contributed by atoms with Gasteiger partial charge in [-0.3, -0.25) is 4.74 Å². The quantitative estimate of drug-likeness (QED) is 0.658. The first kappa shape index (κ1) is 19.2. The summed E-state index contributed by atoms with van der Waals surface area (Å²) in [7, 11) is 0. The second-order valence-electron chi connectivity index (χ2n) is 4.80. The van der Waals surface area contributed by atoms with Crippen LogP contribution in [0.25, 0.3) is 0 Å². The third-order valence-corrected chi connectivity index (χ3v) is 3.07. The number of hydrogen-bond acceptors (Lipinski definition) is 1. The van der Waals surface area contributed by atoms with E-state index < -0.39 is 55.2 Å². The maximum Gasteiger partial charge on any atom is 0.428 e. The molecule has 0 N–H and O–H groups in total. The van der Waals surface area contributed by atoms with E-state index in [9.17, 15) is 52.7 Å². The Morgan fingerprint density at radius 1 is 0.636 bits per heavy atom. The summed E-state index contributed by atoms with van der Waals surface area (Å²) in [5.74, 6) is -32.4. The van der Waals surface area contributed by atoms with Crippen LogP contribution in [0.2, 0.25) is 0 Å². The molecule has 2 atom stereocenters. The van der Waals surface area contributed by atoms with Gasteiger partial charge in [-0.15, -0.1) is 0 Å². The predicted octanol–water partition coefficient (Wildman–Crippen LogP) is 4.56. The van der Waals surface area contributed by atoms with E-state index in [2.05, 4.69) is 4.74 Å². The SMILES string of the molecule is CC(F)(F)C1(F)OC(F)(F)C(F)(F)C(F)(F)C1(F)C(C)(F)F. The normalized spacial score (nSPS) is 37.9. The maximum atomic E-state index is 13.9. The summed E-state index contributed by atoms with van der Waals surface area (Å²) in [6.07, 6.45) is -6.69. The highest BCUT2D eigenvalue weighted by atomic mass is 19.4. The zero-order chi connectivity index (χ0) is 18.2. The average molecular weight is 358 g/mol.